The van der Waals surface area contributed by atoms with Gasteiger partial charge in [0.05, 0.1) is 0 Å². The number of nitrogens with one attached hydrogen (secondary N) is 1. The van der Waals surface area contributed by atoms with Gasteiger partial charge < -0.3 is 19.9 Å². The molecule has 142 valence electrons. The number of halogens is 1. The van der Waals surface area contributed by atoms with Crippen LogP contribution in [0.2, 0.25) is 0 Å². The zero-order valence-corrected chi connectivity index (χ0v) is 15.2. The monoisotopic (exact) mass is 371 g/mol. The molecule has 0 radical (unpaired) electrons. The molecule has 0 aliphatic carbocycles. The van der Waals surface area contributed by atoms with Gasteiger partial charge in [-0.1, -0.05) is 0 Å². The van der Waals surface area contributed by atoms with Crippen LogP contribution in [0.4, 0.5) is 15.8 Å². The predicted molar refractivity (Wildman–Crippen MR) is 101 cm³/mol. The van der Waals surface area contributed by atoms with E-state index in [0.29, 0.717) is 37.6 Å². The van der Waals surface area contributed by atoms with E-state index in [4.69, 9.17) is 4.74 Å². The van der Waals surface area contributed by atoms with Gasteiger partial charge in [-0.2, -0.15) is 0 Å². The Morgan fingerprint density at radius 3 is 2.22 bits per heavy atom. The maximum atomic E-state index is 13.0. The van der Waals surface area contributed by atoms with E-state index < -0.39 is 0 Å². The molecule has 1 saturated heterocycles. The maximum Gasteiger partial charge on any atom is 0.260 e. The summed E-state index contributed by atoms with van der Waals surface area (Å²) in [6.07, 6.45) is 0. The first kappa shape index (κ1) is 18.7. The number of benzene rings is 2. The lowest BCUT2D eigenvalue weighted by Crippen LogP contribution is -2.50. The van der Waals surface area contributed by atoms with Crippen molar-refractivity contribution in [3.05, 3.63) is 54.3 Å². The van der Waals surface area contributed by atoms with Crippen molar-refractivity contribution in [1.82, 2.24) is 4.90 Å². The molecule has 0 aromatic heterocycles. The second-order valence-electron chi connectivity index (χ2n) is 6.34. The molecule has 0 spiro atoms. The fourth-order valence-electron chi connectivity index (χ4n) is 2.94. The van der Waals surface area contributed by atoms with Crippen LogP contribution < -0.4 is 15.0 Å². The Hall–Kier alpha value is -3.09. The number of hydrogen-bond acceptors (Lipinski definition) is 4. The third-order valence-corrected chi connectivity index (χ3v) is 4.36. The fraction of sp³-hybridized carbons (Fsp3) is 0.300. The first-order chi connectivity index (χ1) is 13.0. The van der Waals surface area contributed by atoms with Crippen molar-refractivity contribution in [2.45, 2.75) is 6.92 Å². The molecule has 1 aliphatic heterocycles. The summed E-state index contributed by atoms with van der Waals surface area (Å²) >= 11 is 0. The molecule has 2 amide bonds. The van der Waals surface area contributed by atoms with Gasteiger partial charge in [-0.3, -0.25) is 9.59 Å². The molecule has 3 rings (SSSR count). The van der Waals surface area contributed by atoms with Gasteiger partial charge in [0, 0.05) is 44.5 Å². The molecule has 2 aromatic carbocycles. The van der Waals surface area contributed by atoms with E-state index >= 15 is 0 Å². The lowest BCUT2D eigenvalue weighted by molar-refractivity contribution is -0.133. The van der Waals surface area contributed by atoms with Crippen LogP contribution in [-0.4, -0.2) is 49.5 Å². The van der Waals surface area contributed by atoms with Crippen LogP contribution in [0.1, 0.15) is 6.92 Å². The van der Waals surface area contributed by atoms with E-state index in [1.807, 2.05) is 0 Å². The number of piperazine rings is 1. The summed E-state index contributed by atoms with van der Waals surface area (Å²) in [7, 11) is 0. The first-order valence-corrected chi connectivity index (χ1v) is 8.80. The molecule has 2 aromatic rings. The molecule has 1 fully saturated rings. The van der Waals surface area contributed by atoms with Crippen molar-refractivity contribution in [2.24, 2.45) is 0 Å². The van der Waals surface area contributed by atoms with Crippen LogP contribution in [0.5, 0.6) is 5.75 Å². The second-order valence-corrected chi connectivity index (χ2v) is 6.34. The van der Waals surface area contributed by atoms with Gasteiger partial charge in [0.2, 0.25) is 5.91 Å². The highest BCUT2D eigenvalue weighted by Gasteiger charge is 2.21. The van der Waals surface area contributed by atoms with Crippen LogP contribution in [0.15, 0.2) is 48.5 Å². The third-order valence-electron chi connectivity index (χ3n) is 4.36. The van der Waals surface area contributed by atoms with E-state index in [1.54, 1.807) is 41.3 Å². The molecule has 1 aliphatic rings. The molecular formula is C20H22FN3O3. The van der Waals surface area contributed by atoms with Gasteiger partial charge in [-0.15, -0.1) is 0 Å². The van der Waals surface area contributed by atoms with E-state index in [-0.39, 0.29) is 24.2 Å². The Labute approximate surface area is 157 Å². The molecule has 0 bridgehead atoms. The predicted octanol–water partition coefficient (Wildman–Crippen LogP) is 2.51. The number of amides is 2. The summed E-state index contributed by atoms with van der Waals surface area (Å²) in [6, 6.07) is 13.3. The topological polar surface area (TPSA) is 61.9 Å². The number of anilines is 2. The summed E-state index contributed by atoms with van der Waals surface area (Å²) in [5, 5.41) is 2.67. The number of carbonyl (C=O) groups is 2. The number of ether oxygens (including phenoxy) is 1. The minimum Gasteiger partial charge on any atom is -0.484 e. The van der Waals surface area contributed by atoms with E-state index in [1.165, 1.54) is 19.1 Å². The Bertz CT molecular complexity index is 785. The smallest absolute Gasteiger partial charge is 0.260 e. The van der Waals surface area contributed by atoms with Crippen molar-refractivity contribution in [2.75, 3.05) is 43.0 Å². The van der Waals surface area contributed by atoms with Gasteiger partial charge in [0.1, 0.15) is 11.6 Å². The normalized spacial score (nSPS) is 14.0. The zero-order chi connectivity index (χ0) is 19.2. The summed E-state index contributed by atoms with van der Waals surface area (Å²) in [4.78, 5) is 27.3. The van der Waals surface area contributed by atoms with Gasteiger partial charge in [-0.05, 0) is 48.5 Å². The van der Waals surface area contributed by atoms with Crippen LogP contribution >= 0.6 is 0 Å². The molecule has 0 unspecified atom stereocenters. The van der Waals surface area contributed by atoms with E-state index in [9.17, 15) is 14.0 Å². The minimum atomic E-state index is -0.255. The Balaban J connectivity index is 1.45. The van der Waals surface area contributed by atoms with Crippen LogP contribution in [0, 0.1) is 5.82 Å². The Morgan fingerprint density at radius 1 is 1.00 bits per heavy atom. The highest BCUT2D eigenvalue weighted by atomic mass is 19.1. The van der Waals surface area contributed by atoms with Crippen molar-refractivity contribution >= 4 is 23.2 Å². The Morgan fingerprint density at radius 2 is 1.63 bits per heavy atom. The first-order valence-electron chi connectivity index (χ1n) is 8.80. The molecule has 7 heteroatoms. The summed E-state index contributed by atoms with van der Waals surface area (Å²) in [5.41, 5.74) is 1.64. The maximum absolute atomic E-state index is 13.0. The average Bonchev–Trinajstić information content (AvgIpc) is 2.67. The van der Waals surface area contributed by atoms with Gasteiger partial charge >= 0.3 is 0 Å². The number of rotatable bonds is 5. The van der Waals surface area contributed by atoms with Crippen LogP contribution in [0.3, 0.4) is 0 Å². The number of carbonyl (C=O) groups excluding carboxylic acids is 2. The lowest BCUT2D eigenvalue weighted by atomic mass is 10.2. The van der Waals surface area contributed by atoms with Crippen molar-refractivity contribution in [3.63, 3.8) is 0 Å². The van der Waals surface area contributed by atoms with Crippen molar-refractivity contribution < 1.29 is 18.7 Å². The van der Waals surface area contributed by atoms with Crippen molar-refractivity contribution in [1.29, 1.82) is 0 Å². The number of hydrogen-bond donors (Lipinski definition) is 1. The second kappa shape index (κ2) is 8.53. The van der Waals surface area contributed by atoms with E-state index in [0.717, 1.165) is 5.69 Å². The van der Waals surface area contributed by atoms with Gasteiger partial charge in [0.15, 0.2) is 6.61 Å². The highest BCUT2D eigenvalue weighted by molar-refractivity contribution is 5.88. The SMILES string of the molecule is CC(=O)Nc1ccc(OCC(=O)N2CCN(c3ccc(F)cc3)CC2)cc1. The molecular weight excluding hydrogens is 349 g/mol. The largest absolute Gasteiger partial charge is 0.484 e. The third kappa shape index (κ3) is 5.20. The number of nitrogens with zero attached hydrogens (tertiary/aromatic N) is 2. The molecule has 1 heterocycles. The van der Waals surface area contributed by atoms with E-state index in [2.05, 4.69) is 10.2 Å². The molecule has 0 atom stereocenters. The average molecular weight is 371 g/mol. The molecule has 6 nitrogen and oxygen atoms in total. The molecule has 0 saturated carbocycles. The summed E-state index contributed by atoms with van der Waals surface area (Å²) < 4.78 is 18.6. The van der Waals surface area contributed by atoms with Gasteiger partial charge in [-0.25, -0.2) is 4.39 Å². The standard InChI is InChI=1S/C20H22FN3O3/c1-15(25)22-17-4-8-19(9-5-17)27-14-20(26)24-12-10-23(11-13-24)18-6-2-16(21)3-7-18/h2-9H,10-14H2,1H3,(H,22,25). The molecule has 27 heavy (non-hydrogen) atoms. The van der Waals surface area contributed by atoms with Crippen molar-refractivity contribution in [3.8, 4) is 5.75 Å². The van der Waals surface area contributed by atoms with Crippen LogP contribution in [-0.2, 0) is 9.59 Å². The summed E-state index contributed by atoms with van der Waals surface area (Å²) in [6.45, 7) is 4.00. The fourth-order valence-corrected chi connectivity index (χ4v) is 2.94. The summed E-state index contributed by atoms with van der Waals surface area (Å²) in [5.74, 6) is 0.107. The van der Waals surface area contributed by atoms with Crippen LogP contribution in [0.25, 0.3) is 0 Å². The van der Waals surface area contributed by atoms with Gasteiger partial charge in [0.25, 0.3) is 5.91 Å². The molecule has 1 N–H and O–H groups in total. The highest BCUT2D eigenvalue weighted by Crippen LogP contribution is 2.18. The Kier molecular flexibility index (Phi) is 5.90. The minimum absolute atomic E-state index is 0.0317. The quantitative estimate of drug-likeness (QED) is 0.877. The lowest BCUT2D eigenvalue weighted by Gasteiger charge is -2.36. The zero-order valence-electron chi connectivity index (χ0n) is 15.2.